The summed E-state index contributed by atoms with van der Waals surface area (Å²) in [6.45, 7) is 3.28. The van der Waals surface area contributed by atoms with E-state index < -0.39 is 0 Å². The van der Waals surface area contributed by atoms with E-state index in [1.54, 1.807) is 6.92 Å². The fourth-order valence-corrected chi connectivity index (χ4v) is 2.51. The van der Waals surface area contributed by atoms with Crippen molar-refractivity contribution in [3.8, 4) is 11.3 Å². The number of rotatable bonds is 4. The summed E-state index contributed by atoms with van der Waals surface area (Å²) in [5.74, 6) is -0.156. The van der Waals surface area contributed by atoms with Gasteiger partial charge in [-0.2, -0.15) is 0 Å². The van der Waals surface area contributed by atoms with Gasteiger partial charge in [0, 0.05) is 18.9 Å². The number of benzene rings is 1. The first-order valence-electron chi connectivity index (χ1n) is 5.99. The number of thiazole rings is 1. The third kappa shape index (κ3) is 3.06. The maximum absolute atomic E-state index is 11.7. The van der Waals surface area contributed by atoms with Crippen molar-refractivity contribution in [2.45, 2.75) is 20.3 Å². The van der Waals surface area contributed by atoms with Gasteiger partial charge >= 0.3 is 0 Å². The van der Waals surface area contributed by atoms with E-state index in [1.165, 1.54) is 18.3 Å². The molecule has 0 fully saturated rings. The van der Waals surface area contributed by atoms with E-state index in [2.05, 4.69) is 10.3 Å². The molecule has 2 aromatic rings. The fraction of sp³-hybridized carbons (Fsp3) is 0.214. The zero-order valence-electron chi connectivity index (χ0n) is 10.8. The number of amides is 1. The van der Waals surface area contributed by atoms with Crippen LogP contribution in [0.5, 0.6) is 0 Å². The second-order valence-corrected chi connectivity index (χ2v) is 5.02. The van der Waals surface area contributed by atoms with E-state index in [0.29, 0.717) is 22.1 Å². The van der Waals surface area contributed by atoms with E-state index >= 15 is 0 Å². The molecule has 19 heavy (non-hydrogen) atoms. The SMILES string of the molecule is CCC(=O)Nc1nc(-c2ccccc2)c(C(C)=O)s1. The molecular weight excluding hydrogens is 260 g/mol. The van der Waals surface area contributed by atoms with Crippen molar-refractivity contribution in [1.82, 2.24) is 4.98 Å². The molecular formula is C14H14N2O2S. The van der Waals surface area contributed by atoms with Gasteiger partial charge < -0.3 is 5.32 Å². The van der Waals surface area contributed by atoms with Gasteiger partial charge in [0.05, 0.1) is 10.6 Å². The molecule has 0 saturated carbocycles. The molecule has 1 heterocycles. The van der Waals surface area contributed by atoms with Gasteiger partial charge in [0.1, 0.15) is 0 Å². The minimum atomic E-state index is -0.108. The van der Waals surface area contributed by atoms with Crippen LogP contribution >= 0.6 is 11.3 Å². The van der Waals surface area contributed by atoms with Gasteiger partial charge in [-0.05, 0) is 0 Å². The molecule has 5 heteroatoms. The van der Waals surface area contributed by atoms with Crippen LogP contribution in [-0.2, 0) is 4.79 Å². The van der Waals surface area contributed by atoms with E-state index in [9.17, 15) is 9.59 Å². The van der Waals surface area contributed by atoms with Crippen molar-refractivity contribution >= 4 is 28.2 Å². The van der Waals surface area contributed by atoms with Crippen LogP contribution in [0.25, 0.3) is 11.3 Å². The molecule has 1 aromatic heterocycles. The van der Waals surface area contributed by atoms with Crippen LogP contribution in [0, 0.1) is 0 Å². The predicted molar refractivity (Wildman–Crippen MR) is 76.5 cm³/mol. The Morgan fingerprint density at radius 2 is 1.95 bits per heavy atom. The number of nitrogens with one attached hydrogen (secondary N) is 1. The number of anilines is 1. The lowest BCUT2D eigenvalue weighted by Gasteiger charge is -1.98. The molecule has 0 aliphatic rings. The highest BCUT2D eigenvalue weighted by molar-refractivity contribution is 7.18. The van der Waals surface area contributed by atoms with E-state index in [0.717, 1.165) is 5.56 Å². The fourth-order valence-electron chi connectivity index (χ4n) is 1.61. The number of nitrogens with zero attached hydrogens (tertiary/aromatic N) is 1. The maximum Gasteiger partial charge on any atom is 0.225 e. The van der Waals surface area contributed by atoms with Crippen LogP contribution in [0.3, 0.4) is 0 Å². The molecule has 0 spiro atoms. The number of Topliss-reactive ketones (excluding diaryl/α,β-unsaturated/α-hetero) is 1. The number of carbonyl (C=O) groups excluding carboxylic acids is 2. The topological polar surface area (TPSA) is 59.1 Å². The lowest BCUT2D eigenvalue weighted by Crippen LogP contribution is -2.08. The number of ketones is 1. The summed E-state index contributed by atoms with van der Waals surface area (Å²) in [7, 11) is 0. The Kier molecular flexibility index (Phi) is 4.06. The van der Waals surface area contributed by atoms with Crippen molar-refractivity contribution in [3.05, 3.63) is 35.2 Å². The monoisotopic (exact) mass is 274 g/mol. The highest BCUT2D eigenvalue weighted by Gasteiger charge is 2.17. The second-order valence-electron chi connectivity index (χ2n) is 4.02. The maximum atomic E-state index is 11.7. The minimum absolute atomic E-state index is 0.0478. The zero-order chi connectivity index (χ0) is 13.8. The Morgan fingerprint density at radius 1 is 1.26 bits per heavy atom. The summed E-state index contributed by atoms with van der Waals surface area (Å²) in [6.07, 6.45) is 0.385. The molecule has 0 saturated heterocycles. The molecule has 0 aliphatic heterocycles. The molecule has 0 atom stereocenters. The molecule has 2 rings (SSSR count). The van der Waals surface area contributed by atoms with E-state index in [4.69, 9.17) is 0 Å². The van der Waals surface area contributed by atoms with Gasteiger partial charge in [0.15, 0.2) is 10.9 Å². The summed E-state index contributed by atoms with van der Waals surface area (Å²) in [5.41, 5.74) is 1.51. The zero-order valence-corrected chi connectivity index (χ0v) is 11.6. The Labute approximate surface area is 115 Å². The number of hydrogen-bond acceptors (Lipinski definition) is 4. The summed E-state index contributed by atoms with van der Waals surface area (Å²) in [5, 5.41) is 3.16. The Hall–Kier alpha value is -2.01. The van der Waals surface area contributed by atoms with Crippen molar-refractivity contribution in [3.63, 3.8) is 0 Å². The molecule has 1 amide bonds. The third-order valence-electron chi connectivity index (χ3n) is 2.56. The van der Waals surface area contributed by atoms with Gasteiger partial charge in [-0.1, -0.05) is 48.6 Å². The van der Waals surface area contributed by atoms with Crippen LogP contribution < -0.4 is 5.32 Å². The average molecular weight is 274 g/mol. The predicted octanol–water partition coefficient (Wildman–Crippen LogP) is 3.36. The van der Waals surface area contributed by atoms with Gasteiger partial charge in [-0.15, -0.1) is 0 Å². The van der Waals surface area contributed by atoms with E-state index in [1.807, 2.05) is 30.3 Å². The van der Waals surface area contributed by atoms with Crippen LogP contribution in [0.4, 0.5) is 5.13 Å². The van der Waals surface area contributed by atoms with Crippen LogP contribution in [0.1, 0.15) is 29.9 Å². The molecule has 4 nitrogen and oxygen atoms in total. The summed E-state index contributed by atoms with van der Waals surface area (Å²) < 4.78 is 0. The summed E-state index contributed by atoms with van der Waals surface area (Å²) >= 11 is 1.21. The molecule has 0 aliphatic carbocycles. The van der Waals surface area contributed by atoms with E-state index in [-0.39, 0.29) is 11.7 Å². The van der Waals surface area contributed by atoms with Crippen LogP contribution in [0.2, 0.25) is 0 Å². The molecule has 0 radical (unpaired) electrons. The average Bonchev–Trinajstić information content (AvgIpc) is 2.83. The van der Waals surface area contributed by atoms with Gasteiger partial charge in [0.2, 0.25) is 5.91 Å². The standard InChI is InChI=1S/C14H14N2O2S/c1-3-11(18)15-14-16-12(13(19-14)9(2)17)10-7-5-4-6-8-10/h4-8H,3H2,1-2H3,(H,15,16,18). The van der Waals surface area contributed by atoms with Gasteiger partial charge in [0.25, 0.3) is 0 Å². The lowest BCUT2D eigenvalue weighted by atomic mass is 10.1. The first-order valence-corrected chi connectivity index (χ1v) is 6.80. The van der Waals surface area contributed by atoms with Crippen molar-refractivity contribution in [1.29, 1.82) is 0 Å². The van der Waals surface area contributed by atoms with Gasteiger partial charge in [-0.3, -0.25) is 9.59 Å². The largest absolute Gasteiger partial charge is 0.302 e. The van der Waals surface area contributed by atoms with Gasteiger partial charge in [-0.25, -0.2) is 4.98 Å². The summed E-state index contributed by atoms with van der Waals surface area (Å²) in [4.78, 5) is 28.0. The smallest absolute Gasteiger partial charge is 0.225 e. The van der Waals surface area contributed by atoms with Crippen molar-refractivity contribution in [2.24, 2.45) is 0 Å². The molecule has 0 unspecified atom stereocenters. The molecule has 0 bridgehead atoms. The summed E-state index contributed by atoms with van der Waals surface area (Å²) in [6, 6.07) is 9.48. The quantitative estimate of drug-likeness (QED) is 0.870. The first kappa shape index (κ1) is 13.4. The second kappa shape index (κ2) is 5.75. The Bertz CT molecular complexity index is 605. The molecule has 1 N–H and O–H groups in total. The first-order chi connectivity index (χ1) is 9.11. The highest BCUT2D eigenvalue weighted by Crippen LogP contribution is 2.31. The Morgan fingerprint density at radius 3 is 2.53 bits per heavy atom. The number of hydrogen-bond donors (Lipinski definition) is 1. The number of carbonyl (C=O) groups is 2. The van der Waals surface area contributed by atoms with Crippen LogP contribution in [-0.4, -0.2) is 16.7 Å². The molecule has 98 valence electrons. The normalized spacial score (nSPS) is 10.2. The van der Waals surface area contributed by atoms with Crippen molar-refractivity contribution in [2.75, 3.05) is 5.32 Å². The van der Waals surface area contributed by atoms with Crippen molar-refractivity contribution < 1.29 is 9.59 Å². The Balaban J connectivity index is 2.42. The highest BCUT2D eigenvalue weighted by atomic mass is 32.1. The molecule has 1 aromatic carbocycles. The third-order valence-corrected chi connectivity index (χ3v) is 3.63. The van der Waals surface area contributed by atoms with Crippen LogP contribution in [0.15, 0.2) is 30.3 Å². The lowest BCUT2D eigenvalue weighted by molar-refractivity contribution is -0.115. The number of aromatic nitrogens is 1. The minimum Gasteiger partial charge on any atom is -0.302 e.